The zero-order valence-electron chi connectivity index (χ0n) is 10.5. The van der Waals surface area contributed by atoms with Crippen molar-refractivity contribution in [1.29, 1.82) is 0 Å². The lowest BCUT2D eigenvalue weighted by atomic mass is 10.1. The van der Waals surface area contributed by atoms with Gasteiger partial charge in [-0.1, -0.05) is 19.4 Å². The summed E-state index contributed by atoms with van der Waals surface area (Å²) < 4.78 is 5.41. The highest BCUT2D eigenvalue weighted by atomic mass is 16.5. The predicted molar refractivity (Wildman–Crippen MR) is 69.3 cm³/mol. The van der Waals surface area contributed by atoms with Gasteiger partial charge in [0.1, 0.15) is 0 Å². The third-order valence-corrected chi connectivity index (χ3v) is 2.39. The van der Waals surface area contributed by atoms with E-state index in [0.717, 1.165) is 12.8 Å². The maximum atomic E-state index is 11.9. The van der Waals surface area contributed by atoms with Crippen molar-refractivity contribution < 1.29 is 9.53 Å². The van der Waals surface area contributed by atoms with Gasteiger partial charge in [-0.15, -0.1) is 0 Å². The molecule has 3 N–H and O–H groups in total. The fourth-order valence-electron chi connectivity index (χ4n) is 1.51. The van der Waals surface area contributed by atoms with Gasteiger partial charge in [0, 0.05) is 6.54 Å². The van der Waals surface area contributed by atoms with Gasteiger partial charge in [-0.3, -0.25) is 4.79 Å². The first-order chi connectivity index (χ1) is 8.20. The maximum Gasteiger partial charge on any atom is 0.255 e. The molecule has 0 atom stereocenters. The van der Waals surface area contributed by atoms with Crippen LogP contribution in [0.2, 0.25) is 0 Å². The summed E-state index contributed by atoms with van der Waals surface area (Å²) in [6, 6.07) is 5.21. The molecule has 0 bridgehead atoms. The molecule has 17 heavy (non-hydrogen) atoms. The highest BCUT2D eigenvalue weighted by molar-refractivity contribution is 5.98. The summed E-state index contributed by atoms with van der Waals surface area (Å²) in [5.74, 6) is 0.346. The molecule has 0 aliphatic carbocycles. The summed E-state index contributed by atoms with van der Waals surface area (Å²) >= 11 is 0. The third-order valence-electron chi connectivity index (χ3n) is 2.39. The molecular weight excluding hydrogens is 216 g/mol. The van der Waals surface area contributed by atoms with Crippen LogP contribution in [-0.4, -0.2) is 19.1 Å². The molecular formula is C13H20N2O2. The Hall–Kier alpha value is -1.71. The Labute approximate surface area is 102 Å². The van der Waals surface area contributed by atoms with Crippen LogP contribution in [0.4, 0.5) is 5.69 Å². The fraction of sp³-hybridized carbons (Fsp3) is 0.462. The molecule has 4 nitrogen and oxygen atoms in total. The van der Waals surface area contributed by atoms with Crippen LogP contribution in [0.3, 0.4) is 0 Å². The van der Waals surface area contributed by atoms with Crippen molar-refractivity contribution in [3.63, 3.8) is 0 Å². The van der Waals surface area contributed by atoms with E-state index in [9.17, 15) is 4.79 Å². The first-order valence-corrected chi connectivity index (χ1v) is 6.00. The monoisotopic (exact) mass is 236 g/mol. The Kier molecular flexibility index (Phi) is 5.33. The zero-order chi connectivity index (χ0) is 12.7. The number of nitrogens with two attached hydrogens (primary N) is 1. The topological polar surface area (TPSA) is 64.4 Å². The van der Waals surface area contributed by atoms with Crippen molar-refractivity contribution in [3.8, 4) is 5.75 Å². The molecule has 0 aromatic heterocycles. The van der Waals surface area contributed by atoms with Crippen LogP contribution < -0.4 is 15.8 Å². The molecule has 0 aliphatic rings. The van der Waals surface area contributed by atoms with Crippen LogP contribution in [0.15, 0.2) is 18.2 Å². The van der Waals surface area contributed by atoms with E-state index < -0.39 is 0 Å². The molecule has 0 spiro atoms. The molecule has 0 radical (unpaired) electrons. The second-order valence-electron chi connectivity index (χ2n) is 3.77. The minimum absolute atomic E-state index is 0.130. The fourth-order valence-corrected chi connectivity index (χ4v) is 1.51. The quantitative estimate of drug-likeness (QED) is 0.588. The van der Waals surface area contributed by atoms with Crippen molar-refractivity contribution in [2.75, 3.05) is 18.9 Å². The number of para-hydroxylation sites is 1. The number of carbonyl (C=O) groups is 1. The van der Waals surface area contributed by atoms with Gasteiger partial charge < -0.3 is 15.8 Å². The number of hydrogen-bond acceptors (Lipinski definition) is 3. The molecule has 1 amide bonds. The lowest BCUT2D eigenvalue weighted by molar-refractivity contribution is 0.0949. The van der Waals surface area contributed by atoms with Crippen LogP contribution >= 0.6 is 0 Å². The van der Waals surface area contributed by atoms with Crippen LogP contribution in [0.5, 0.6) is 5.75 Å². The average molecular weight is 236 g/mol. The second kappa shape index (κ2) is 6.78. The standard InChI is InChI=1S/C13H20N2O2/c1-3-5-9-15-13(16)10-7-6-8-11(14)12(10)17-4-2/h6-8H,3-5,9,14H2,1-2H3,(H,15,16). The minimum atomic E-state index is -0.130. The second-order valence-corrected chi connectivity index (χ2v) is 3.77. The number of hydrogen-bond donors (Lipinski definition) is 2. The van der Waals surface area contributed by atoms with E-state index in [0.29, 0.717) is 30.2 Å². The van der Waals surface area contributed by atoms with Crippen molar-refractivity contribution >= 4 is 11.6 Å². The summed E-state index contributed by atoms with van der Waals surface area (Å²) in [6.07, 6.45) is 2.02. The molecule has 0 fully saturated rings. The molecule has 0 aliphatic heterocycles. The number of nitrogens with one attached hydrogen (secondary N) is 1. The smallest absolute Gasteiger partial charge is 0.255 e. The van der Waals surface area contributed by atoms with Gasteiger partial charge in [0.2, 0.25) is 0 Å². The van der Waals surface area contributed by atoms with Gasteiger partial charge in [-0.05, 0) is 25.5 Å². The van der Waals surface area contributed by atoms with E-state index in [-0.39, 0.29) is 5.91 Å². The van der Waals surface area contributed by atoms with E-state index in [2.05, 4.69) is 12.2 Å². The lowest BCUT2D eigenvalue weighted by Crippen LogP contribution is -2.25. The normalized spacial score (nSPS) is 10.0. The van der Waals surface area contributed by atoms with E-state index in [1.54, 1.807) is 18.2 Å². The number of carbonyl (C=O) groups excluding carboxylic acids is 1. The molecule has 1 aromatic rings. The first kappa shape index (κ1) is 13.4. The lowest BCUT2D eigenvalue weighted by Gasteiger charge is -2.12. The maximum absolute atomic E-state index is 11.9. The van der Waals surface area contributed by atoms with Crippen LogP contribution in [0.1, 0.15) is 37.0 Å². The van der Waals surface area contributed by atoms with Gasteiger partial charge in [0.05, 0.1) is 17.9 Å². The number of amides is 1. The van der Waals surface area contributed by atoms with Crippen molar-refractivity contribution in [2.45, 2.75) is 26.7 Å². The number of rotatable bonds is 6. The van der Waals surface area contributed by atoms with Gasteiger partial charge >= 0.3 is 0 Å². The highest BCUT2D eigenvalue weighted by Gasteiger charge is 2.13. The van der Waals surface area contributed by atoms with Crippen LogP contribution in [0.25, 0.3) is 0 Å². The molecule has 94 valence electrons. The number of unbranched alkanes of at least 4 members (excludes halogenated alkanes) is 1. The van der Waals surface area contributed by atoms with Gasteiger partial charge in [0.25, 0.3) is 5.91 Å². The molecule has 1 aromatic carbocycles. The van der Waals surface area contributed by atoms with Gasteiger partial charge in [-0.2, -0.15) is 0 Å². The Morgan fingerprint density at radius 1 is 1.41 bits per heavy atom. The van der Waals surface area contributed by atoms with E-state index in [1.807, 2.05) is 6.92 Å². The van der Waals surface area contributed by atoms with E-state index in [1.165, 1.54) is 0 Å². The summed E-state index contributed by atoms with van der Waals surface area (Å²) in [4.78, 5) is 11.9. The average Bonchev–Trinajstić information content (AvgIpc) is 2.32. The van der Waals surface area contributed by atoms with E-state index in [4.69, 9.17) is 10.5 Å². The molecule has 0 unspecified atom stereocenters. The van der Waals surface area contributed by atoms with E-state index >= 15 is 0 Å². The largest absolute Gasteiger partial charge is 0.491 e. The Balaban J connectivity index is 2.81. The minimum Gasteiger partial charge on any atom is -0.491 e. The molecule has 1 rings (SSSR count). The molecule has 0 heterocycles. The molecule has 4 heteroatoms. The third kappa shape index (κ3) is 3.66. The van der Waals surface area contributed by atoms with Crippen LogP contribution in [0, 0.1) is 0 Å². The summed E-state index contributed by atoms with van der Waals surface area (Å²) in [5, 5.41) is 2.85. The van der Waals surface area contributed by atoms with Gasteiger partial charge in [-0.25, -0.2) is 0 Å². The SMILES string of the molecule is CCCCNC(=O)c1cccc(N)c1OCC. The summed E-state index contributed by atoms with van der Waals surface area (Å²) in [7, 11) is 0. The summed E-state index contributed by atoms with van der Waals surface area (Å²) in [6.45, 7) is 5.11. The Morgan fingerprint density at radius 3 is 2.82 bits per heavy atom. The van der Waals surface area contributed by atoms with Gasteiger partial charge in [0.15, 0.2) is 5.75 Å². The molecule has 0 saturated heterocycles. The number of anilines is 1. The Bertz CT molecular complexity index is 378. The predicted octanol–water partition coefficient (Wildman–Crippen LogP) is 2.20. The molecule has 0 saturated carbocycles. The van der Waals surface area contributed by atoms with Crippen molar-refractivity contribution in [1.82, 2.24) is 5.32 Å². The van der Waals surface area contributed by atoms with Crippen LogP contribution in [-0.2, 0) is 0 Å². The highest BCUT2D eigenvalue weighted by Crippen LogP contribution is 2.26. The Morgan fingerprint density at radius 2 is 2.18 bits per heavy atom. The zero-order valence-corrected chi connectivity index (χ0v) is 10.5. The number of benzene rings is 1. The summed E-state index contributed by atoms with van der Waals surface area (Å²) in [5.41, 5.74) is 6.79. The number of ether oxygens (including phenoxy) is 1. The first-order valence-electron chi connectivity index (χ1n) is 6.00. The van der Waals surface area contributed by atoms with Crippen molar-refractivity contribution in [2.24, 2.45) is 0 Å². The van der Waals surface area contributed by atoms with Crippen molar-refractivity contribution in [3.05, 3.63) is 23.8 Å². The number of nitrogen functional groups attached to an aromatic ring is 1.